The summed E-state index contributed by atoms with van der Waals surface area (Å²) >= 11 is 1.71. The van der Waals surface area contributed by atoms with Gasteiger partial charge in [0.15, 0.2) is 0 Å². The van der Waals surface area contributed by atoms with Gasteiger partial charge in [0.05, 0.1) is 11.5 Å². The molecule has 1 atom stereocenters. The van der Waals surface area contributed by atoms with Crippen molar-refractivity contribution in [2.24, 2.45) is 5.92 Å². The third-order valence-corrected chi connectivity index (χ3v) is 5.02. The summed E-state index contributed by atoms with van der Waals surface area (Å²) in [6, 6.07) is 4.96. The summed E-state index contributed by atoms with van der Waals surface area (Å²) in [4.78, 5) is 25.8. The molecule has 1 saturated heterocycles. The molecule has 0 radical (unpaired) electrons. The highest BCUT2D eigenvalue weighted by Crippen LogP contribution is 2.30. The number of hydrogen-bond acceptors (Lipinski definition) is 3. The molecule has 1 aromatic rings. The Balaban J connectivity index is 1.96. The Morgan fingerprint density at radius 1 is 1.38 bits per heavy atom. The van der Waals surface area contributed by atoms with E-state index >= 15 is 0 Å². The van der Waals surface area contributed by atoms with Gasteiger partial charge in [-0.15, -0.1) is 0 Å². The topological polar surface area (TPSA) is 49.4 Å². The van der Waals surface area contributed by atoms with Gasteiger partial charge in [0.25, 0.3) is 0 Å². The van der Waals surface area contributed by atoms with Gasteiger partial charge in [0.2, 0.25) is 11.8 Å². The highest BCUT2D eigenvalue weighted by atomic mass is 32.2. The lowest BCUT2D eigenvalue weighted by molar-refractivity contribution is -0.139. The molecule has 144 valence electrons. The van der Waals surface area contributed by atoms with Crippen LogP contribution in [0.2, 0.25) is 0 Å². The van der Waals surface area contributed by atoms with Gasteiger partial charge < -0.3 is 10.2 Å². The molecule has 2 rings (SSSR count). The van der Waals surface area contributed by atoms with Crippen LogP contribution < -0.4 is 5.32 Å². The average molecular weight is 388 g/mol. The van der Waals surface area contributed by atoms with Crippen LogP contribution in [0.15, 0.2) is 24.3 Å². The Hall–Kier alpha value is -1.70. The van der Waals surface area contributed by atoms with Crippen molar-refractivity contribution >= 4 is 23.6 Å². The van der Waals surface area contributed by atoms with E-state index in [0.717, 1.165) is 24.3 Å². The quantitative estimate of drug-likeness (QED) is 0.729. The molecule has 1 heterocycles. The Morgan fingerprint density at radius 2 is 2.15 bits per heavy atom. The average Bonchev–Trinajstić information content (AvgIpc) is 2.60. The second kappa shape index (κ2) is 9.30. The van der Waals surface area contributed by atoms with E-state index in [-0.39, 0.29) is 37.2 Å². The first-order valence-corrected chi connectivity index (χ1v) is 9.91. The number of rotatable bonds is 7. The van der Waals surface area contributed by atoms with E-state index in [0.29, 0.717) is 18.5 Å². The number of amides is 2. The van der Waals surface area contributed by atoms with Gasteiger partial charge in [-0.1, -0.05) is 12.1 Å². The maximum absolute atomic E-state index is 12.8. The number of nitrogens with one attached hydrogen (secondary N) is 1. The summed E-state index contributed by atoms with van der Waals surface area (Å²) in [5.41, 5.74) is -0.322. The summed E-state index contributed by atoms with van der Waals surface area (Å²) < 4.78 is 38.5. The van der Waals surface area contributed by atoms with Gasteiger partial charge >= 0.3 is 6.18 Å². The number of alkyl halides is 3. The van der Waals surface area contributed by atoms with E-state index < -0.39 is 11.7 Å². The second-order valence-corrected chi connectivity index (χ2v) is 7.33. The first kappa shape index (κ1) is 20.6. The number of piperidine rings is 1. The zero-order valence-corrected chi connectivity index (χ0v) is 15.5. The molecule has 8 heteroatoms. The molecule has 2 amide bonds. The molecule has 1 aliphatic rings. The van der Waals surface area contributed by atoms with Crippen molar-refractivity contribution in [1.29, 1.82) is 0 Å². The molecule has 1 unspecified atom stereocenters. The maximum Gasteiger partial charge on any atom is 0.416 e. The summed E-state index contributed by atoms with van der Waals surface area (Å²) in [6.07, 6.45) is -0.817. The van der Waals surface area contributed by atoms with Gasteiger partial charge in [-0.3, -0.25) is 9.59 Å². The van der Waals surface area contributed by atoms with Crippen LogP contribution in [0.25, 0.3) is 0 Å². The molecule has 1 N–H and O–H groups in total. The zero-order valence-electron chi connectivity index (χ0n) is 14.6. The summed E-state index contributed by atoms with van der Waals surface area (Å²) in [6.45, 7) is 0.917. The number of likely N-dealkylation sites (tertiary alicyclic amines) is 1. The summed E-state index contributed by atoms with van der Waals surface area (Å²) in [5, 5.41) is 2.88. The van der Waals surface area contributed by atoms with Crippen LogP contribution >= 0.6 is 11.8 Å². The van der Waals surface area contributed by atoms with E-state index in [4.69, 9.17) is 0 Å². The minimum Gasteiger partial charge on any atom is -0.356 e. The number of nitrogens with zero attached hydrogens (tertiary/aromatic N) is 1. The monoisotopic (exact) mass is 388 g/mol. The highest BCUT2D eigenvalue weighted by Gasteiger charge is 2.32. The molecule has 1 aromatic carbocycles. The van der Waals surface area contributed by atoms with Crippen molar-refractivity contribution in [2.75, 3.05) is 25.1 Å². The molecule has 1 aliphatic heterocycles. The van der Waals surface area contributed by atoms with Gasteiger partial charge in [0.1, 0.15) is 0 Å². The molecule has 1 fully saturated rings. The molecule has 0 bridgehead atoms. The van der Waals surface area contributed by atoms with Crippen LogP contribution in [0.3, 0.4) is 0 Å². The van der Waals surface area contributed by atoms with Crippen LogP contribution in [0.4, 0.5) is 13.2 Å². The Morgan fingerprint density at radius 3 is 2.85 bits per heavy atom. The first-order valence-electron chi connectivity index (χ1n) is 8.52. The van der Waals surface area contributed by atoms with E-state index in [9.17, 15) is 22.8 Å². The summed E-state index contributed by atoms with van der Waals surface area (Å²) in [5.74, 6) is 0.430. The van der Waals surface area contributed by atoms with Crippen LogP contribution in [-0.2, 0) is 22.3 Å². The molecular weight excluding hydrogens is 365 g/mol. The fraction of sp³-hybridized carbons (Fsp3) is 0.556. The second-order valence-electron chi connectivity index (χ2n) is 6.35. The van der Waals surface area contributed by atoms with Gasteiger partial charge in [-0.2, -0.15) is 24.9 Å². The predicted molar refractivity (Wildman–Crippen MR) is 95.6 cm³/mol. The van der Waals surface area contributed by atoms with Crippen LogP contribution in [0, 0.1) is 5.92 Å². The van der Waals surface area contributed by atoms with Crippen molar-refractivity contribution in [2.45, 2.75) is 32.0 Å². The lowest BCUT2D eigenvalue weighted by Gasteiger charge is -2.32. The Bertz CT molecular complexity index is 637. The minimum atomic E-state index is -4.42. The maximum atomic E-state index is 12.8. The van der Waals surface area contributed by atoms with Crippen molar-refractivity contribution < 1.29 is 22.8 Å². The van der Waals surface area contributed by atoms with Crippen molar-refractivity contribution in [3.05, 3.63) is 35.4 Å². The van der Waals surface area contributed by atoms with Gasteiger partial charge in [0, 0.05) is 26.1 Å². The Kier molecular flexibility index (Phi) is 7.37. The van der Waals surface area contributed by atoms with E-state index in [1.54, 1.807) is 17.8 Å². The van der Waals surface area contributed by atoms with E-state index in [1.165, 1.54) is 11.0 Å². The van der Waals surface area contributed by atoms with Gasteiger partial charge in [-0.05, 0) is 42.5 Å². The number of benzene rings is 1. The Labute approximate surface area is 155 Å². The number of halogens is 3. The molecule has 26 heavy (non-hydrogen) atoms. The van der Waals surface area contributed by atoms with Crippen LogP contribution in [0.5, 0.6) is 0 Å². The smallest absolute Gasteiger partial charge is 0.356 e. The highest BCUT2D eigenvalue weighted by molar-refractivity contribution is 7.98. The standard InChI is InChI=1S/C18H23F3N2O2S/c1-26-9-3-8-22-17(25)14-6-7-16(24)23(12-14)11-13-4-2-5-15(10-13)18(19,20)21/h2,4-5,10,14H,3,6-9,11-12H2,1H3,(H,22,25). The molecule has 0 saturated carbocycles. The fourth-order valence-corrected chi connectivity index (χ4v) is 3.35. The van der Waals surface area contributed by atoms with Crippen LogP contribution in [0.1, 0.15) is 30.4 Å². The van der Waals surface area contributed by atoms with Crippen molar-refractivity contribution in [1.82, 2.24) is 10.2 Å². The number of thioether (sulfide) groups is 1. The number of hydrogen-bond donors (Lipinski definition) is 1. The number of carbonyl (C=O) groups excluding carboxylic acids is 2. The molecule has 0 spiro atoms. The molecule has 0 aromatic heterocycles. The lowest BCUT2D eigenvalue weighted by atomic mass is 9.96. The SMILES string of the molecule is CSCCCNC(=O)C1CCC(=O)N(Cc2cccc(C(F)(F)F)c2)C1. The van der Waals surface area contributed by atoms with Crippen LogP contribution in [-0.4, -0.2) is 41.8 Å². The minimum absolute atomic E-state index is 0.0823. The van der Waals surface area contributed by atoms with E-state index in [2.05, 4.69) is 5.32 Å². The van der Waals surface area contributed by atoms with Gasteiger partial charge in [-0.25, -0.2) is 0 Å². The largest absolute Gasteiger partial charge is 0.416 e. The first-order chi connectivity index (χ1) is 12.3. The molecule has 0 aliphatic carbocycles. The predicted octanol–water partition coefficient (Wildman–Crippen LogP) is 3.31. The van der Waals surface area contributed by atoms with Crippen molar-refractivity contribution in [3.8, 4) is 0 Å². The third-order valence-electron chi connectivity index (χ3n) is 4.32. The summed E-state index contributed by atoms with van der Waals surface area (Å²) in [7, 11) is 0. The van der Waals surface area contributed by atoms with Crippen molar-refractivity contribution in [3.63, 3.8) is 0 Å². The lowest BCUT2D eigenvalue weighted by Crippen LogP contribution is -2.45. The molecule has 4 nitrogen and oxygen atoms in total. The molecular formula is C18H23F3N2O2S. The van der Waals surface area contributed by atoms with E-state index in [1.807, 2.05) is 6.26 Å². The fourth-order valence-electron chi connectivity index (χ4n) is 2.92. The third kappa shape index (κ3) is 5.93. The normalized spacial score (nSPS) is 18.1. The zero-order chi connectivity index (χ0) is 19.2. The number of carbonyl (C=O) groups is 2.